The van der Waals surface area contributed by atoms with Crippen LogP contribution < -0.4 is 20.3 Å². The Morgan fingerprint density at radius 2 is 1.87 bits per heavy atom. The van der Waals surface area contributed by atoms with Crippen LogP contribution in [0.1, 0.15) is 18.9 Å². The van der Waals surface area contributed by atoms with Gasteiger partial charge in [-0.2, -0.15) is 4.68 Å². The number of carbonyl (C=O) groups is 1. The van der Waals surface area contributed by atoms with Crippen LogP contribution in [0.15, 0.2) is 65.5 Å². The van der Waals surface area contributed by atoms with E-state index in [2.05, 4.69) is 10.4 Å². The largest absolute Gasteiger partial charge is 0.496 e. The molecule has 1 unspecified atom stereocenters. The minimum atomic E-state index is -0.800. The van der Waals surface area contributed by atoms with Crippen molar-refractivity contribution in [3.8, 4) is 17.3 Å². The minimum Gasteiger partial charge on any atom is -0.496 e. The van der Waals surface area contributed by atoms with Gasteiger partial charge in [0.05, 0.1) is 12.8 Å². The number of hydrogen-bond donors (Lipinski definition) is 1. The Bertz CT molecular complexity index is 1070. The lowest BCUT2D eigenvalue weighted by molar-refractivity contribution is -0.128. The van der Waals surface area contributed by atoms with Crippen molar-refractivity contribution in [2.75, 3.05) is 7.11 Å². The average Bonchev–Trinajstić information content (AvgIpc) is 2.77. The number of halogens is 1. The highest BCUT2D eigenvalue weighted by molar-refractivity contribution is 5.81. The molecule has 0 saturated carbocycles. The van der Waals surface area contributed by atoms with Crippen LogP contribution in [-0.4, -0.2) is 28.9 Å². The molecule has 1 heterocycles. The van der Waals surface area contributed by atoms with Gasteiger partial charge in [-0.25, -0.2) is 4.39 Å². The topological polar surface area (TPSA) is 82.5 Å². The highest BCUT2D eigenvalue weighted by Gasteiger charge is 2.20. The molecular weight excluding hydrogens is 389 g/mol. The third-order valence-corrected chi connectivity index (χ3v) is 4.42. The molecule has 0 aliphatic rings. The summed E-state index contributed by atoms with van der Waals surface area (Å²) in [6.45, 7) is 2.09. The predicted octanol–water partition coefficient (Wildman–Crippen LogP) is 2.85. The number of nitrogens with zero attached hydrogens (tertiary/aromatic N) is 2. The van der Waals surface area contributed by atoms with Crippen LogP contribution in [0.5, 0.6) is 11.6 Å². The second kappa shape index (κ2) is 9.69. The van der Waals surface area contributed by atoms with Crippen LogP contribution in [0.25, 0.3) is 5.69 Å². The monoisotopic (exact) mass is 411 g/mol. The number of methoxy groups -OCH3 is 1. The molecule has 3 rings (SSSR count). The van der Waals surface area contributed by atoms with Gasteiger partial charge < -0.3 is 14.8 Å². The minimum absolute atomic E-state index is 0.109. The molecule has 7 nitrogen and oxygen atoms in total. The van der Waals surface area contributed by atoms with Gasteiger partial charge >= 0.3 is 0 Å². The second-order valence-corrected chi connectivity index (χ2v) is 6.44. The van der Waals surface area contributed by atoms with Crippen molar-refractivity contribution in [1.82, 2.24) is 15.1 Å². The predicted molar refractivity (Wildman–Crippen MR) is 109 cm³/mol. The van der Waals surface area contributed by atoms with E-state index in [0.717, 1.165) is 10.2 Å². The van der Waals surface area contributed by atoms with E-state index in [0.29, 0.717) is 17.9 Å². The molecule has 0 saturated heterocycles. The zero-order chi connectivity index (χ0) is 21.5. The number of hydrogen-bond acceptors (Lipinski definition) is 5. The van der Waals surface area contributed by atoms with Crippen LogP contribution in [0.2, 0.25) is 0 Å². The number of rotatable bonds is 8. The lowest BCUT2D eigenvalue weighted by Gasteiger charge is -2.17. The van der Waals surface area contributed by atoms with E-state index in [1.54, 1.807) is 7.11 Å². The highest BCUT2D eigenvalue weighted by atomic mass is 19.1. The molecule has 1 N–H and O–H groups in total. The molecule has 156 valence electrons. The number of para-hydroxylation sites is 1. The SMILES string of the molecule is CCC(Oc1ccc(=O)n(-c2ccc(F)cc2)n1)C(=O)NCc1ccccc1OC. The summed E-state index contributed by atoms with van der Waals surface area (Å²) in [5.41, 5.74) is 0.828. The zero-order valence-corrected chi connectivity index (χ0v) is 16.7. The Morgan fingerprint density at radius 1 is 1.13 bits per heavy atom. The van der Waals surface area contributed by atoms with Gasteiger partial charge in [0, 0.05) is 24.2 Å². The van der Waals surface area contributed by atoms with Crippen LogP contribution in [0.4, 0.5) is 4.39 Å². The third-order valence-electron chi connectivity index (χ3n) is 4.42. The van der Waals surface area contributed by atoms with Gasteiger partial charge in [-0.15, -0.1) is 5.10 Å². The van der Waals surface area contributed by atoms with Crippen molar-refractivity contribution >= 4 is 5.91 Å². The second-order valence-electron chi connectivity index (χ2n) is 6.44. The van der Waals surface area contributed by atoms with E-state index in [-0.39, 0.29) is 18.3 Å². The quantitative estimate of drug-likeness (QED) is 0.616. The van der Waals surface area contributed by atoms with Gasteiger partial charge in [-0.3, -0.25) is 9.59 Å². The van der Waals surface area contributed by atoms with Crippen molar-refractivity contribution < 1.29 is 18.7 Å². The molecule has 3 aromatic rings. The van der Waals surface area contributed by atoms with Gasteiger partial charge in [0.2, 0.25) is 5.88 Å². The Morgan fingerprint density at radius 3 is 2.57 bits per heavy atom. The van der Waals surface area contributed by atoms with E-state index in [1.807, 2.05) is 31.2 Å². The number of benzene rings is 2. The fraction of sp³-hybridized carbons (Fsp3) is 0.227. The fourth-order valence-electron chi connectivity index (χ4n) is 2.84. The Balaban J connectivity index is 1.72. The summed E-state index contributed by atoms with van der Waals surface area (Å²) in [6.07, 6.45) is -0.402. The molecule has 1 atom stereocenters. The summed E-state index contributed by atoms with van der Waals surface area (Å²) < 4.78 is 25.2. The standard InChI is InChI=1S/C22H22FN3O4/c1-3-18(22(28)24-14-15-6-4-5-7-19(15)29-2)30-20-12-13-21(27)26(25-20)17-10-8-16(23)9-11-17/h4-13,18H,3,14H2,1-2H3,(H,24,28). The number of ether oxygens (including phenoxy) is 2. The van der Waals surface area contributed by atoms with Gasteiger partial charge in [-0.1, -0.05) is 25.1 Å². The Kier molecular flexibility index (Phi) is 6.79. The van der Waals surface area contributed by atoms with Crippen LogP contribution in [-0.2, 0) is 11.3 Å². The summed E-state index contributed by atoms with van der Waals surface area (Å²) in [5, 5.41) is 6.97. The molecule has 0 aliphatic heterocycles. The smallest absolute Gasteiger partial charge is 0.271 e. The van der Waals surface area contributed by atoms with Crippen molar-refractivity contribution in [2.45, 2.75) is 26.0 Å². The first-order chi connectivity index (χ1) is 14.5. The maximum atomic E-state index is 13.1. The van der Waals surface area contributed by atoms with Crippen molar-refractivity contribution in [2.24, 2.45) is 0 Å². The van der Waals surface area contributed by atoms with Gasteiger partial charge in [0.15, 0.2) is 6.10 Å². The molecule has 8 heteroatoms. The van der Waals surface area contributed by atoms with Crippen molar-refractivity contribution in [1.29, 1.82) is 0 Å². The summed E-state index contributed by atoms with van der Waals surface area (Å²) in [4.78, 5) is 24.7. The zero-order valence-electron chi connectivity index (χ0n) is 16.7. The molecule has 1 aromatic heterocycles. The number of aromatic nitrogens is 2. The fourth-order valence-corrected chi connectivity index (χ4v) is 2.84. The molecular formula is C22H22FN3O4. The van der Waals surface area contributed by atoms with Crippen LogP contribution in [0.3, 0.4) is 0 Å². The van der Waals surface area contributed by atoms with Gasteiger partial charge in [0.25, 0.3) is 11.5 Å². The molecule has 0 bridgehead atoms. The molecule has 2 aromatic carbocycles. The molecule has 0 spiro atoms. The van der Waals surface area contributed by atoms with E-state index in [1.165, 1.54) is 36.4 Å². The first-order valence-electron chi connectivity index (χ1n) is 9.44. The molecule has 30 heavy (non-hydrogen) atoms. The highest BCUT2D eigenvalue weighted by Crippen LogP contribution is 2.17. The number of carbonyl (C=O) groups excluding carboxylic acids is 1. The number of amides is 1. The van der Waals surface area contributed by atoms with Gasteiger partial charge in [-0.05, 0) is 36.8 Å². The van der Waals surface area contributed by atoms with Crippen LogP contribution >= 0.6 is 0 Å². The maximum Gasteiger partial charge on any atom is 0.271 e. The molecule has 1 amide bonds. The molecule has 0 fully saturated rings. The Hall–Kier alpha value is -3.68. The first-order valence-corrected chi connectivity index (χ1v) is 9.44. The first kappa shape index (κ1) is 21.0. The normalized spacial score (nSPS) is 11.6. The van der Waals surface area contributed by atoms with E-state index in [9.17, 15) is 14.0 Å². The molecule has 0 radical (unpaired) electrons. The lowest BCUT2D eigenvalue weighted by atomic mass is 10.2. The van der Waals surface area contributed by atoms with E-state index < -0.39 is 17.5 Å². The maximum absolute atomic E-state index is 13.1. The lowest BCUT2D eigenvalue weighted by Crippen LogP contribution is -2.38. The number of nitrogens with one attached hydrogen (secondary N) is 1. The van der Waals surface area contributed by atoms with Crippen LogP contribution in [0, 0.1) is 5.82 Å². The van der Waals surface area contributed by atoms with E-state index in [4.69, 9.17) is 9.47 Å². The third kappa shape index (κ3) is 5.02. The molecule has 0 aliphatic carbocycles. The summed E-state index contributed by atoms with van der Waals surface area (Å²) in [5.74, 6) is 0.0553. The summed E-state index contributed by atoms with van der Waals surface area (Å²) in [6, 6.07) is 15.4. The van der Waals surface area contributed by atoms with Gasteiger partial charge in [0.1, 0.15) is 11.6 Å². The van der Waals surface area contributed by atoms with Crippen molar-refractivity contribution in [3.63, 3.8) is 0 Å². The average molecular weight is 411 g/mol. The van der Waals surface area contributed by atoms with Crippen molar-refractivity contribution in [3.05, 3.63) is 82.4 Å². The summed E-state index contributed by atoms with van der Waals surface area (Å²) >= 11 is 0. The summed E-state index contributed by atoms with van der Waals surface area (Å²) in [7, 11) is 1.57. The van der Waals surface area contributed by atoms with E-state index >= 15 is 0 Å². The Labute approximate surface area is 173 Å².